The molecule has 0 saturated heterocycles. The predicted molar refractivity (Wildman–Crippen MR) is 77.3 cm³/mol. The molecule has 1 fully saturated rings. The first-order valence-corrected chi connectivity index (χ1v) is 7.05. The van der Waals surface area contributed by atoms with E-state index in [4.69, 9.17) is 0 Å². The van der Waals surface area contributed by atoms with Crippen LogP contribution in [0.5, 0.6) is 0 Å². The fourth-order valence-electron chi connectivity index (χ4n) is 3.65. The van der Waals surface area contributed by atoms with Gasteiger partial charge in [0.25, 0.3) is 0 Å². The Morgan fingerprint density at radius 3 is 2.42 bits per heavy atom. The zero-order valence-electron chi connectivity index (χ0n) is 12.5. The lowest BCUT2D eigenvalue weighted by atomic mass is 9.74. The van der Waals surface area contributed by atoms with Crippen LogP contribution in [0, 0.1) is 31.1 Å². The molecule has 0 unspecified atom stereocenters. The number of carboxylic acid groups (broad SMARTS) is 1. The largest absolute Gasteiger partial charge is 0.481 e. The second kappa shape index (κ2) is 4.66. The van der Waals surface area contributed by atoms with Crippen LogP contribution >= 0.6 is 0 Å². The molecule has 104 valence electrons. The molecule has 1 aromatic carbocycles. The van der Waals surface area contributed by atoms with Crippen LogP contribution in [0.3, 0.4) is 0 Å². The summed E-state index contributed by atoms with van der Waals surface area (Å²) in [4.78, 5) is 11.5. The summed E-state index contributed by atoms with van der Waals surface area (Å²) in [5.41, 5.74) is 3.74. The summed E-state index contributed by atoms with van der Waals surface area (Å²) in [6.07, 6.45) is 0.757. The molecule has 0 radical (unpaired) electrons. The van der Waals surface area contributed by atoms with Gasteiger partial charge in [-0.3, -0.25) is 4.79 Å². The summed E-state index contributed by atoms with van der Waals surface area (Å²) in [7, 11) is 0. The Balaban J connectivity index is 2.39. The van der Waals surface area contributed by atoms with Crippen molar-refractivity contribution >= 4 is 5.97 Å². The van der Waals surface area contributed by atoms with E-state index in [1.807, 2.05) is 0 Å². The molecule has 1 aromatic rings. The zero-order chi connectivity index (χ0) is 14.4. The van der Waals surface area contributed by atoms with Crippen LogP contribution in [0.15, 0.2) is 18.2 Å². The number of benzene rings is 1. The third-order valence-corrected chi connectivity index (χ3v) is 5.29. The first-order valence-electron chi connectivity index (χ1n) is 7.05. The van der Waals surface area contributed by atoms with E-state index in [9.17, 15) is 9.90 Å². The van der Waals surface area contributed by atoms with E-state index in [1.54, 1.807) is 0 Å². The molecule has 2 nitrogen and oxygen atoms in total. The topological polar surface area (TPSA) is 37.3 Å². The average molecular weight is 260 g/mol. The van der Waals surface area contributed by atoms with Gasteiger partial charge in [0.2, 0.25) is 0 Å². The molecule has 1 aliphatic carbocycles. The van der Waals surface area contributed by atoms with Crippen LogP contribution in [0.25, 0.3) is 0 Å². The highest BCUT2D eigenvalue weighted by Crippen LogP contribution is 2.55. The predicted octanol–water partition coefficient (Wildman–Crippen LogP) is 4.15. The molecule has 19 heavy (non-hydrogen) atoms. The lowest BCUT2D eigenvalue weighted by Gasteiger charge is -2.30. The lowest BCUT2D eigenvalue weighted by Crippen LogP contribution is -2.29. The number of carbonyl (C=O) groups is 1. The van der Waals surface area contributed by atoms with Gasteiger partial charge >= 0.3 is 5.97 Å². The van der Waals surface area contributed by atoms with Crippen molar-refractivity contribution in [2.24, 2.45) is 17.3 Å². The van der Waals surface area contributed by atoms with Crippen molar-refractivity contribution in [1.29, 1.82) is 0 Å². The molecule has 0 aliphatic heterocycles. The van der Waals surface area contributed by atoms with Gasteiger partial charge in [0, 0.05) is 0 Å². The minimum atomic E-state index is -0.649. The molecular formula is C17H24O2. The van der Waals surface area contributed by atoms with Crippen LogP contribution in [0.2, 0.25) is 0 Å². The van der Waals surface area contributed by atoms with Crippen molar-refractivity contribution in [3.8, 4) is 0 Å². The second-order valence-electron chi connectivity index (χ2n) is 6.70. The van der Waals surface area contributed by atoms with Gasteiger partial charge in [-0.2, -0.15) is 0 Å². The molecule has 3 atom stereocenters. The number of hydrogen-bond acceptors (Lipinski definition) is 1. The summed E-state index contributed by atoms with van der Waals surface area (Å²) >= 11 is 0. The van der Waals surface area contributed by atoms with Crippen molar-refractivity contribution in [3.63, 3.8) is 0 Å². The smallest absolute Gasteiger partial charge is 0.307 e. The molecule has 1 N–H and O–H groups in total. The second-order valence-corrected chi connectivity index (χ2v) is 6.70. The highest BCUT2D eigenvalue weighted by Gasteiger charge is 2.50. The van der Waals surface area contributed by atoms with Crippen molar-refractivity contribution in [2.45, 2.75) is 47.0 Å². The Morgan fingerprint density at radius 1 is 1.32 bits per heavy atom. The van der Waals surface area contributed by atoms with E-state index in [2.05, 4.69) is 52.8 Å². The van der Waals surface area contributed by atoms with Gasteiger partial charge in [0.1, 0.15) is 0 Å². The number of hydrogen-bond donors (Lipinski definition) is 1. The van der Waals surface area contributed by atoms with Gasteiger partial charge in [-0.05, 0) is 48.6 Å². The maximum atomic E-state index is 11.5. The SMILES string of the molecule is Cc1ccc([C@@H]2C[C@@H](C(=O)O)C(C)(C)[C@@H]2C)c(C)c1. The van der Waals surface area contributed by atoms with E-state index in [1.165, 1.54) is 16.7 Å². The van der Waals surface area contributed by atoms with Crippen LogP contribution in [0.4, 0.5) is 0 Å². The normalized spacial score (nSPS) is 29.4. The maximum absolute atomic E-state index is 11.5. The molecule has 1 saturated carbocycles. The lowest BCUT2D eigenvalue weighted by molar-refractivity contribution is -0.145. The van der Waals surface area contributed by atoms with E-state index in [-0.39, 0.29) is 11.3 Å². The van der Waals surface area contributed by atoms with Crippen molar-refractivity contribution in [1.82, 2.24) is 0 Å². The first kappa shape index (κ1) is 14.1. The number of aliphatic carboxylic acids is 1. The minimum absolute atomic E-state index is 0.145. The average Bonchev–Trinajstić information content (AvgIpc) is 2.52. The minimum Gasteiger partial charge on any atom is -0.481 e. The fourth-order valence-corrected chi connectivity index (χ4v) is 3.65. The van der Waals surface area contributed by atoms with Gasteiger partial charge in [0.15, 0.2) is 0 Å². The summed E-state index contributed by atoms with van der Waals surface area (Å²) in [5, 5.41) is 9.44. The van der Waals surface area contributed by atoms with Crippen molar-refractivity contribution in [3.05, 3.63) is 34.9 Å². The van der Waals surface area contributed by atoms with E-state index in [0.29, 0.717) is 11.8 Å². The molecule has 0 spiro atoms. The monoisotopic (exact) mass is 260 g/mol. The molecule has 0 heterocycles. The molecule has 1 aliphatic rings. The van der Waals surface area contributed by atoms with Gasteiger partial charge in [-0.25, -0.2) is 0 Å². The van der Waals surface area contributed by atoms with E-state index < -0.39 is 5.97 Å². The third-order valence-electron chi connectivity index (χ3n) is 5.29. The fraction of sp³-hybridized carbons (Fsp3) is 0.588. The van der Waals surface area contributed by atoms with Crippen LogP contribution in [-0.2, 0) is 4.79 Å². The van der Waals surface area contributed by atoms with Crippen molar-refractivity contribution in [2.75, 3.05) is 0 Å². The Hall–Kier alpha value is -1.31. The molecule has 2 rings (SSSR count). The molecular weight excluding hydrogens is 236 g/mol. The quantitative estimate of drug-likeness (QED) is 0.867. The number of aryl methyl sites for hydroxylation is 2. The van der Waals surface area contributed by atoms with Crippen LogP contribution in [0.1, 0.15) is 49.8 Å². The van der Waals surface area contributed by atoms with Gasteiger partial charge in [0.05, 0.1) is 5.92 Å². The number of carboxylic acids is 1. The standard InChI is InChI=1S/C17H24O2/c1-10-6-7-13(11(2)8-10)14-9-15(16(18)19)17(4,5)12(14)3/h6-8,12,14-15H,9H2,1-5H3,(H,18,19)/t12-,14-,15+/m1/s1. The van der Waals surface area contributed by atoms with Gasteiger partial charge in [-0.15, -0.1) is 0 Å². The Bertz CT molecular complexity index is 502. The summed E-state index contributed by atoms with van der Waals surface area (Å²) in [6.45, 7) is 10.6. The first-order chi connectivity index (χ1) is 8.75. The summed E-state index contributed by atoms with van der Waals surface area (Å²) < 4.78 is 0. The molecule has 0 aromatic heterocycles. The van der Waals surface area contributed by atoms with Crippen LogP contribution < -0.4 is 0 Å². The number of rotatable bonds is 2. The maximum Gasteiger partial charge on any atom is 0.307 e. The summed E-state index contributed by atoms with van der Waals surface area (Å²) in [6, 6.07) is 6.52. The van der Waals surface area contributed by atoms with Crippen LogP contribution in [-0.4, -0.2) is 11.1 Å². The molecule has 2 heteroatoms. The Labute approximate surface area is 115 Å². The van der Waals surface area contributed by atoms with E-state index >= 15 is 0 Å². The van der Waals surface area contributed by atoms with Crippen molar-refractivity contribution < 1.29 is 9.90 Å². The Morgan fingerprint density at radius 2 is 1.95 bits per heavy atom. The third kappa shape index (κ3) is 2.29. The van der Waals surface area contributed by atoms with Gasteiger partial charge in [-0.1, -0.05) is 44.5 Å². The van der Waals surface area contributed by atoms with E-state index in [0.717, 1.165) is 6.42 Å². The summed E-state index contributed by atoms with van der Waals surface area (Å²) in [5.74, 6) is -0.149. The Kier molecular flexibility index (Phi) is 3.46. The van der Waals surface area contributed by atoms with Gasteiger partial charge < -0.3 is 5.11 Å². The highest BCUT2D eigenvalue weighted by molar-refractivity contribution is 5.72. The highest BCUT2D eigenvalue weighted by atomic mass is 16.4. The zero-order valence-corrected chi connectivity index (χ0v) is 12.5. The molecule has 0 bridgehead atoms. The molecule has 0 amide bonds.